The van der Waals surface area contributed by atoms with Crippen molar-refractivity contribution in [1.29, 1.82) is 0 Å². The SMILES string of the molecule is CCNC(C)(Cn1ccnc1C(C)C)C(N)=O. The number of carbonyl (C=O) groups is 1. The van der Waals surface area contributed by atoms with Gasteiger partial charge in [0.25, 0.3) is 0 Å². The first-order chi connectivity index (χ1) is 7.90. The number of nitrogens with two attached hydrogens (primary N) is 1. The van der Waals surface area contributed by atoms with Crippen LogP contribution in [0, 0.1) is 0 Å². The molecule has 0 saturated carbocycles. The number of amides is 1. The predicted octanol–water partition coefficient (Wildman–Crippen LogP) is 0.860. The van der Waals surface area contributed by atoms with Gasteiger partial charge >= 0.3 is 0 Å². The van der Waals surface area contributed by atoms with E-state index in [2.05, 4.69) is 24.1 Å². The average molecular weight is 238 g/mol. The zero-order chi connectivity index (χ0) is 13.1. The van der Waals surface area contributed by atoms with Gasteiger partial charge in [-0.05, 0) is 13.5 Å². The third-order valence-electron chi connectivity index (χ3n) is 2.86. The van der Waals surface area contributed by atoms with Crippen LogP contribution in [-0.2, 0) is 11.3 Å². The summed E-state index contributed by atoms with van der Waals surface area (Å²) in [6, 6.07) is 0. The molecule has 1 amide bonds. The van der Waals surface area contributed by atoms with Crippen LogP contribution in [0.25, 0.3) is 0 Å². The maximum atomic E-state index is 11.5. The fourth-order valence-corrected chi connectivity index (χ4v) is 1.91. The van der Waals surface area contributed by atoms with Crippen molar-refractivity contribution in [3.8, 4) is 0 Å². The zero-order valence-electron chi connectivity index (χ0n) is 11.0. The molecule has 96 valence electrons. The summed E-state index contributed by atoms with van der Waals surface area (Å²) in [7, 11) is 0. The van der Waals surface area contributed by atoms with Gasteiger partial charge in [0.05, 0.1) is 6.54 Å². The zero-order valence-corrected chi connectivity index (χ0v) is 11.0. The van der Waals surface area contributed by atoms with Crippen molar-refractivity contribution in [1.82, 2.24) is 14.9 Å². The van der Waals surface area contributed by atoms with E-state index in [0.717, 1.165) is 5.82 Å². The van der Waals surface area contributed by atoms with Crippen molar-refractivity contribution in [3.05, 3.63) is 18.2 Å². The predicted molar refractivity (Wildman–Crippen MR) is 67.6 cm³/mol. The van der Waals surface area contributed by atoms with Crippen LogP contribution in [0.4, 0.5) is 0 Å². The van der Waals surface area contributed by atoms with Crippen LogP contribution in [-0.4, -0.2) is 27.5 Å². The summed E-state index contributed by atoms with van der Waals surface area (Å²) in [5, 5.41) is 3.14. The number of likely N-dealkylation sites (N-methyl/N-ethyl adjacent to an activating group) is 1. The van der Waals surface area contributed by atoms with Gasteiger partial charge < -0.3 is 15.6 Å². The molecular formula is C12H22N4O. The molecular weight excluding hydrogens is 216 g/mol. The topological polar surface area (TPSA) is 72.9 Å². The van der Waals surface area contributed by atoms with E-state index in [-0.39, 0.29) is 5.91 Å². The van der Waals surface area contributed by atoms with Gasteiger partial charge in [0.1, 0.15) is 11.4 Å². The molecule has 0 spiro atoms. The first-order valence-corrected chi connectivity index (χ1v) is 5.96. The molecule has 1 heterocycles. The van der Waals surface area contributed by atoms with Crippen LogP contribution in [0.15, 0.2) is 12.4 Å². The summed E-state index contributed by atoms with van der Waals surface area (Å²) in [6.07, 6.45) is 3.64. The number of aromatic nitrogens is 2. The van der Waals surface area contributed by atoms with Gasteiger partial charge in [-0.15, -0.1) is 0 Å². The Bertz CT molecular complexity index is 386. The van der Waals surface area contributed by atoms with Crippen LogP contribution >= 0.6 is 0 Å². The second-order valence-corrected chi connectivity index (χ2v) is 4.79. The fraction of sp³-hybridized carbons (Fsp3) is 0.667. The largest absolute Gasteiger partial charge is 0.368 e. The molecule has 1 rings (SSSR count). The number of hydrogen-bond donors (Lipinski definition) is 2. The van der Waals surface area contributed by atoms with Crippen LogP contribution < -0.4 is 11.1 Å². The first kappa shape index (κ1) is 13.7. The lowest BCUT2D eigenvalue weighted by Crippen LogP contribution is -2.55. The van der Waals surface area contributed by atoms with Crippen molar-refractivity contribution < 1.29 is 4.79 Å². The lowest BCUT2D eigenvalue weighted by molar-refractivity contribution is -0.124. The van der Waals surface area contributed by atoms with Gasteiger partial charge in [-0.25, -0.2) is 4.98 Å². The quantitative estimate of drug-likeness (QED) is 0.772. The lowest BCUT2D eigenvalue weighted by Gasteiger charge is -2.28. The third kappa shape index (κ3) is 3.06. The summed E-state index contributed by atoms with van der Waals surface area (Å²) in [5.41, 5.74) is 4.73. The molecule has 1 atom stereocenters. The highest BCUT2D eigenvalue weighted by Gasteiger charge is 2.31. The molecule has 0 bridgehead atoms. The molecule has 17 heavy (non-hydrogen) atoms. The number of nitrogens with one attached hydrogen (secondary N) is 1. The molecule has 0 aliphatic carbocycles. The summed E-state index contributed by atoms with van der Waals surface area (Å²) in [4.78, 5) is 15.8. The van der Waals surface area contributed by atoms with Crippen molar-refractivity contribution in [2.24, 2.45) is 5.73 Å². The van der Waals surface area contributed by atoms with Crippen molar-refractivity contribution in [3.63, 3.8) is 0 Å². The Hall–Kier alpha value is -1.36. The Morgan fingerprint density at radius 3 is 2.76 bits per heavy atom. The van der Waals surface area contributed by atoms with Gasteiger partial charge in [0, 0.05) is 18.3 Å². The van der Waals surface area contributed by atoms with Gasteiger partial charge in [0.2, 0.25) is 5.91 Å². The third-order valence-corrected chi connectivity index (χ3v) is 2.86. The fourth-order valence-electron chi connectivity index (χ4n) is 1.91. The summed E-state index contributed by atoms with van der Waals surface area (Å²) in [6.45, 7) is 9.14. The van der Waals surface area contributed by atoms with Crippen molar-refractivity contribution >= 4 is 5.91 Å². The van der Waals surface area contributed by atoms with Crippen LogP contribution in [0.1, 0.15) is 39.4 Å². The number of imidazole rings is 1. The van der Waals surface area contributed by atoms with E-state index >= 15 is 0 Å². The minimum absolute atomic E-state index is 0.323. The Balaban J connectivity index is 2.94. The normalized spacial score (nSPS) is 14.9. The summed E-state index contributed by atoms with van der Waals surface area (Å²) >= 11 is 0. The average Bonchev–Trinajstić information content (AvgIpc) is 2.65. The molecule has 1 aromatic rings. The second-order valence-electron chi connectivity index (χ2n) is 4.79. The molecule has 3 N–H and O–H groups in total. The summed E-state index contributed by atoms with van der Waals surface area (Å²) < 4.78 is 1.98. The van der Waals surface area contributed by atoms with Gasteiger partial charge in [-0.3, -0.25) is 4.79 Å². The first-order valence-electron chi connectivity index (χ1n) is 5.96. The smallest absolute Gasteiger partial charge is 0.239 e. The summed E-state index contributed by atoms with van der Waals surface area (Å²) in [5.74, 6) is 0.946. The number of carbonyl (C=O) groups excluding carboxylic acids is 1. The molecule has 0 fully saturated rings. The van der Waals surface area contributed by atoms with E-state index in [1.165, 1.54) is 0 Å². The maximum absolute atomic E-state index is 11.5. The van der Waals surface area contributed by atoms with Crippen LogP contribution in [0.3, 0.4) is 0 Å². The standard InChI is InChI=1S/C12H22N4O/c1-5-15-12(4,11(13)17)8-16-7-6-14-10(16)9(2)3/h6-7,9,15H,5,8H2,1-4H3,(H2,13,17). The van der Waals surface area contributed by atoms with E-state index in [1.54, 1.807) is 6.20 Å². The maximum Gasteiger partial charge on any atom is 0.239 e. The molecule has 0 aliphatic rings. The molecule has 1 aromatic heterocycles. The highest BCUT2D eigenvalue weighted by atomic mass is 16.1. The number of rotatable bonds is 6. The van der Waals surface area contributed by atoms with E-state index < -0.39 is 5.54 Å². The lowest BCUT2D eigenvalue weighted by atomic mass is 10.0. The monoisotopic (exact) mass is 238 g/mol. The Kier molecular flexibility index (Phi) is 4.28. The van der Waals surface area contributed by atoms with Crippen molar-refractivity contribution in [2.45, 2.75) is 45.7 Å². The van der Waals surface area contributed by atoms with Crippen molar-refractivity contribution in [2.75, 3.05) is 6.54 Å². The van der Waals surface area contributed by atoms with E-state index in [9.17, 15) is 4.79 Å². The highest BCUT2D eigenvalue weighted by molar-refractivity contribution is 5.84. The second kappa shape index (κ2) is 5.31. The number of primary amides is 1. The van der Waals surface area contributed by atoms with Gasteiger partial charge in [0.15, 0.2) is 0 Å². The molecule has 0 saturated heterocycles. The minimum Gasteiger partial charge on any atom is -0.368 e. The Morgan fingerprint density at radius 1 is 1.65 bits per heavy atom. The molecule has 5 heteroatoms. The molecule has 0 aromatic carbocycles. The number of nitrogens with zero attached hydrogens (tertiary/aromatic N) is 2. The highest BCUT2D eigenvalue weighted by Crippen LogP contribution is 2.15. The minimum atomic E-state index is -0.737. The van der Waals surface area contributed by atoms with Gasteiger partial charge in [-0.1, -0.05) is 20.8 Å². The van der Waals surface area contributed by atoms with Crippen LogP contribution in [0.2, 0.25) is 0 Å². The number of hydrogen-bond acceptors (Lipinski definition) is 3. The Labute approximate surface area is 102 Å². The van der Waals surface area contributed by atoms with E-state index in [1.807, 2.05) is 24.6 Å². The molecule has 0 aliphatic heterocycles. The van der Waals surface area contributed by atoms with Gasteiger partial charge in [-0.2, -0.15) is 0 Å². The van der Waals surface area contributed by atoms with E-state index in [4.69, 9.17) is 5.73 Å². The van der Waals surface area contributed by atoms with Crippen LogP contribution in [0.5, 0.6) is 0 Å². The molecule has 1 unspecified atom stereocenters. The van der Waals surface area contributed by atoms with E-state index in [0.29, 0.717) is 19.0 Å². The molecule has 0 radical (unpaired) electrons. The molecule has 5 nitrogen and oxygen atoms in total. The Morgan fingerprint density at radius 2 is 2.29 bits per heavy atom.